The Morgan fingerprint density at radius 3 is 2.78 bits per heavy atom. The Morgan fingerprint density at radius 2 is 2.00 bits per heavy atom. The van der Waals surface area contributed by atoms with Crippen molar-refractivity contribution in [3.8, 4) is 0 Å². The van der Waals surface area contributed by atoms with Gasteiger partial charge in [-0.2, -0.15) is 0 Å². The number of hydrogen-bond acceptors (Lipinski definition) is 5. The van der Waals surface area contributed by atoms with Crippen LogP contribution in [0.1, 0.15) is 25.7 Å². The standard InChI is InChI=1S/C18H16O5/c19-10-2-1-8-12-9-5-7-6-16(7,12)17(23)4-3-11(20)15(22)18(9,17)13(8)14(10)21/h1-2,7,9,15,21-23H,3-6H2/t7?,9?,15-,16?,17+,18-/m0/s1. The lowest BCUT2D eigenvalue weighted by molar-refractivity contribution is -0.190. The van der Waals surface area contributed by atoms with Crippen molar-refractivity contribution in [3.63, 3.8) is 0 Å². The fraction of sp³-hybridized carbons (Fsp3) is 0.556. The minimum Gasteiger partial charge on any atom is -0.504 e. The van der Waals surface area contributed by atoms with Gasteiger partial charge in [-0.1, -0.05) is 6.08 Å². The topological polar surface area (TPSA) is 94.8 Å². The van der Waals surface area contributed by atoms with Crippen molar-refractivity contribution in [1.82, 2.24) is 0 Å². The largest absolute Gasteiger partial charge is 0.504 e. The van der Waals surface area contributed by atoms with E-state index in [1.807, 2.05) is 0 Å². The van der Waals surface area contributed by atoms with Gasteiger partial charge in [0, 0.05) is 17.4 Å². The lowest BCUT2D eigenvalue weighted by Crippen LogP contribution is -2.66. The highest BCUT2D eigenvalue weighted by molar-refractivity contribution is 6.07. The summed E-state index contributed by atoms with van der Waals surface area (Å²) in [6.45, 7) is 0. The molecule has 118 valence electrons. The van der Waals surface area contributed by atoms with Crippen LogP contribution in [0.4, 0.5) is 0 Å². The van der Waals surface area contributed by atoms with Gasteiger partial charge >= 0.3 is 0 Å². The van der Waals surface area contributed by atoms with E-state index in [9.17, 15) is 24.9 Å². The molecule has 0 aromatic carbocycles. The fourth-order valence-electron chi connectivity index (χ4n) is 7.16. The Labute approximate surface area is 132 Å². The maximum atomic E-state index is 12.3. The summed E-state index contributed by atoms with van der Waals surface area (Å²) in [5.41, 5.74) is -0.555. The van der Waals surface area contributed by atoms with Crippen LogP contribution in [0, 0.1) is 22.7 Å². The lowest BCUT2D eigenvalue weighted by atomic mass is 9.50. The van der Waals surface area contributed by atoms with Crippen LogP contribution >= 0.6 is 0 Å². The van der Waals surface area contributed by atoms with Gasteiger partial charge < -0.3 is 15.3 Å². The molecule has 0 radical (unpaired) electrons. The van der Waals surface area contributed by atoms with Crippen LogP contribution in [0.3, 0.4) is 0 Å². The quantitative estimate of drug-likeness (QED) is 0.613. The molecule has 3 N–H and O–H groups in total. The van der Waals surface area contributed by atoms with Gasteiger partial charge in [0.15, 0.2) is 11.5 Å². The fourth-order valence-corrected chi connectivity index (χ4v) is 7.16. The zero-order valence-corrected chi connectivity index (χ0v) is 12.4. The van der Waals surface area contributed by atoms with Gasteiger partial charge in [0.1, 0.15) is 6.10 Å². The van der Waals surface area contributed by atoms with Crippen LogP contribution in [0.5, 0.6) is 0 Å². The van der Waals surface area contributed by atoms with E-state index in [4.69, 9.17) is 0 Å². The van der Waals surface area contributed by atoms with Crippen molar-refractivity contribution in [2.24, 2.45) is 22.7 Å². The molecule has 0 saturated heterocycles. The van der Waals surface area contributed by atoms with Gasteiger partial charge in [-0.3, -0.25) is 9.59 Å². The van der Waals surface area contributed by atoms with Gasteiger partial charge in [0.25, 0.3) is 0 Å². The maximum Gasteiger partial charge on any atom is 0.220 e. The molecular formula is C18H16O5. The van der Waals surface area contributed by atoms with Gasteiger partial charge in [-0.15, -0.1) is 0 Å². The highest BCUT2D eigenvalue weighted by Crippen LogP contribution is 2.91. The predicted molar refractivity (Wildman–Crippen MR) is 77.1 cm³/mol. The van der Waals surface area contributed by atoms with Crippen molar-refractivity contribution in [2.75, 3.05) is 0 Å². The number of carbonyl (C=O) groups excluding carboxylic acids is 2. The molecule has 0 aromatic rings. The van der Waals surface area contributed by atoms with Crippen molar-refractivity contribution in [2.45, 2.75) is 37.4 Å². The summed E-state index contributed by atoms with van der Waals surface area (Å²) in [6.07, 6.45) is 3.88. The van der Waals surface area contributed by atoms with Crippen LogP contribution in [-0.2, 0) is 9.59 Å². The molecule has 2 spiro atoms. The summed E-state index contributed by atoms with van der Waals surface area (Å²) in [4.78, 5) is 24.3. The Balaban J connectivity index is 1.78. The summed E-state index contributed by atoms with van der Waals surface area (Å²) in [6, 6.07) is 0. The van der Waals surface area contributed by atoms with E-state index in [0.717, 1.165) is 24.0 Å². The van der Waals surface area contributed by atoms with E-state index in [0.29, 0.717) is 17.9 Å². The van der Waals surface area contributed by atoms with Crippen LogP contribution in [0.15, 0.2) is 34.6 Å². The summed E-state index contributed by atoms with van der Waals surface area (Å²) < 4.78 is 0. The molecule has 4 saturated carbocycles. The van der Waals surface area contributed by atoms with E-state index in [1.165, 1.54) is 6.08 Å². The average Bonchev–Trinajstić information content (AvgIpc) is 2.98. The number of hydrogen-bond donors (Lipinski definition) is 3. The lowest BCUT2D eigenvalue weighted by Gasteiger charge is -2.56. The Kier molecular flexibility index (Phi) is 1.71. The first kappa shape index (κ1) is 12.7. The number of Topliss-reactive ketones (excluding diaryl/α,β-unsaturated/α-hetero) is 1. The molecule has 5 heteroatoms. The Bertz CT molecular complexity index is 847. The number of ketones is 2. The zero-order chi connectivity index (χ0) is 15.9. The molecule has 6 rings (SSSR count). The third kappa shape index (κ3) is 0.870. The maximum absolute atomic E-state index is 12.3. The second-order valence-corrected chi connectivity index (χ2v) is 8.01. The Hall–Kier alpha value is -1.72. The van der Waals surface area contributed by atoms with Crippen molar-refractivity contribution >= 4 is 11.6 Å². The first-order valence-corrected chi connectivity index (χ1v) is 8.25. The first-order valence-electron chi connectivity index (χ1n) is 8.25. The van der Waals surface area contributed by atoms with E-state index < -0.39 is 28.7 Å². The van der Waals surface area contributed by atoms with Crippen molar-refractivity contribution in [3.05, 3.63) is 34.6 Å². The predicted octanol–water partition coefficient (Wildman–Crippen LogP) is 0.729. The van der Waals surface area contributed by atoms with Gasteiger partial charge in [-0.25, -0.2) is 0 Å². The van der Waals surface area contributed by atoms with E-state index in [1.54, 1.807) is 6.08 Å². The van der Waals surface area contributed by atoms with Crippen LogP contribution in [0.25, 0.3) is 0 Å². The number of carbonyl (C=O) groups is 2. The second kappa shape index (κ2) is 3.10. The number of aliphatic hydroxyl groups is 3. The van der Waals surface area contributed by atoms with Crippen LogP contribution in [0.2, 0.25) is 0 Å². The molecule has 6 atom stereocenters. The SMILES string of the molecule is O=C1C=CC2=C3C4CC5CC35[C@]3(O)CCC(=O)[C@H](O)[C@@]43C2=C1O. The molecule has 0 heterocycles. The van der Waals surface area contributed by atoms with E-state index in [-0.39, 0.29) is 23.5 Å². The molecule has 6 aliphatic rings. The average molecular weight is 312 g/mol. The molecule has 4 bridgehead atoms. The Morgan fingerprint density at radius 1 is 1.22 bits per heavy atom. The molecule has 23 heavy (non-hydrogen) atoms. The molecule has 0 amide bonds. The molecular weight excluding hydrogens is 296 g/mol. The second-order valence-electron chi connectivity index (χ2n) is 8.01. The monoisotopic (exact) mass is 312 g/mol. The van der Waals surface area contributed by atoms with Crippen molar-refractivity contribution in [1.29, 1.82) is 0 Å². The van der Waals surface area contributed by atoms with Gasteiger partial charge in [0.2, 0.25) is 5.78 Å². The van der Waals surface area contributed by atoms with E-state index in [2.05, 4.69) is 0 Å². The third-order valence-electron chi connectivity index (χ3n) is 7.74. The highest BCUT2D eigenvalue weighted by atomic mass is 16.3. The summed E-state index contributed by atoms with van der Waals surface area (Å²) in [7, 11) is 0. The number of rotatable bonds is 0. The normalized spacial score (nSPS) is 54.6. The van der Waals surface area contributed by atoms with Gasteiger partial charge in [-0.05, 0) is 48.3 Å². The number of allylic oxidation sites excluding steroid dienone is 3. The first-order chi connectivity index (χ1) is 10.9. The zero-order valence-electron chi connectivity index (χ0n) is 12.4. The van der Waals surface area contributed by atoms with E-state index >= 15 is 0 Å². The number of fused-ring (bicyclic) bond motifs is 1. The molecule has 3 unspecified atom stereocenters. The molecule has 0 aliphatic heterocycles. The molecule has 4 fully saturated rings. The smallest absolute Gasteiger partial charge is 0.220 e. The summed E-state index contributed by atoms with van der Waals surface area (Å²) in [5, 5.41) is 33.0. The number of aliphatic hydroxyl groups excluding tert-OH is 2. The van der Waals surface area contributed by atoms with Crippen LogP contribution in [-0.4, -0.2) is 38.6 Å². The van der Waals surface area contributed by atoms with Crippen LogP contribution < -0.4 is 0 Å². The summed E-state index contributed by atoms with van der Waals surface area (Å²) >= 11 is 0. The molecule has 0 aromatic heterocycles. The minimum atomic E-state index is -1.35. The van der Waals surface area contributed by atoms with Gasteiger partial charge in [0.05, 0.1) is 11.0 Å². The highest BCUT2D eigenvalue weighted by Gasteiger charge is 2.92. The van der Waals surface area contributed by atoms with Crippen molar-refractivity contribution < 1.29 is 24.9 Å². The molecule has 6 aliphatic carbocycles. The third-order valence-corrected chi connectivity index (χ3v) is 7.74. The minimum absolute atomic E-state index is 0.131. The summed E-state index contributed by atoms with van der Waals surface area (Å²) in [5.74, 6) is -0.932. The molecule has 5 nitrogen and oxygen atoms in total.